The molecule has 3 aromatic heterocycles. The Balaban J connectivity index is 1.59. The molecule has 0 saturated heterocycles. The minimum atomic E-state index is -0.276. The lowest BCUT2D eigenvalue weighted by atomic mass is 10.2. The quantitative estimate of drug-likeness (QED) is 0.394. The third-order valence-corrected chi connectivity index (χ3v) is 5.82. The molecule has 0 aliphatic carbocycles. The average molecular weight is 432 g/mol. The number of carbonyl (C=O) groups excluding carboxylic acids is 1. The predicted molar refractivity (Wildman–Crippen MR) is 119 cm³/mol. The van der Waals surface area contributed by atoms with Gasteiger partial charge in [0.2, 0.25) is 0 Å². The maximum absolute atomic E-state index is 13.5. The normalized spacial score (nSPS) is 11.1. The number of anilines is 1. The van der Waals surface area contributed by atoms with Crippen LogP contribution in [-0.2, 0) is 6.54 Å². The molecule has 0 unspecified atom stereocenters. The summed E-state index contributed by atoms with van der Waals surface area (Å²) < 4.78 is 0.908. The molecule has 30 heavy (non-hydrogen) atoms. The molecule has 146 valence electrons. The van der Waals surface area contributed by atoms with Crippen LogP contribution in [0.5, 0.6) is 0 Å². The van der Waals surface area contributed by atoms with E-state index in [1.165, 1.54) is 17.5 Å². The molecule has 0 spiro atoms. The van der Waals surface area contributed by atoms with Gasteiger partial charge in [0.1, 0.15) is 5.69 Å². The Bertz CT molecular complexity index is 1370. The maximum Gasteiger partial charge on any atom is 0.280 e. The van der Waals surface area contributed by atoms with Crippen molar-refractivity contribution in [1.29, 1.82) is 0 Å². The van der Waals surface area contributed by atoms with Gasteiger partial charge in [-0.15, -0.1) is 0 Å². The summed E-state index contributed by atoms with van der Waals surface area (Å²) in [6.45, 7) is 0.314. The number of halogens is 1. The summed E-state index contributed by atoms with van der Waals surface area (Å²) in [6.07, 6.45) is 4.94. The minimum Gasteiger partial charge on any atom is -0.278 e. The molecule has 0 bridgehead atoms. The lowest BCUT2D eigenvalue weighted by Crippen LogP contribution is -2.31. The number of benzene rings is 2. The van der Waals surface area contributed by atoms with Crippen molar-refractivity contribution in [3.8, 4) is 0 Å². The number of para-hydroxylation sites is 2. The van der Waals surface area contributed by atoms with Gasteiger partial charge < -0.3 is 0 Å². The second-order valence-electron chi connectivity index (χ2n) is 6.61. The van der Waals surface area contributed by atoms with Crippen molar-refractivity contribution >= 4 is 55.2 Å². The van der Waals surface area contributed by atoms with Gasteiger partial charge in [-0.1, -0.05) is 41.1 Å². The van der Waals surface area contributed by atoms with Crippen LogP contribution in [0.3, 0.4) is 0 Å². The van der Waals surface area contributed by atoms with Crippen molar-refractivity contribution in [2.45, 2.75) is 6.54 Å². The highest BCUT2D eigenvalue weighted by atomic mass is 35.5. The molecule has 6 nitrogen and oxygen atoms in total. The van der Waals surface area contributed by atoms with Gasteiger partial charge in [-0.25, -0.2) is 9.97 Å². The molecule has 0 atom stereocenters. The fourth-order valence-corrected chi connectivity index (χ4v) is 4.34. The molecule has 0 fully saturated rings. The van der Waals surface area contributed by atoms with Crippen LogP contribution < -0.4 is 4.90 Å². The predicted octanol–water partition coefficient (Wildman–Crippen LogP) is 5.13. The van der Waals surface area contributed by atoms with Gasteiger partial charge >= 0.3 is 0 Å². The number of carbonyl (C=O) groups is 1. The fraction of sp³-hybridized carbons (Fsp3) is 0.0455. The number of pyridine rings is 1. The maximum atomic E-state index is 13.5. The standard InChI is InChI=1S/C22H14ClN5OS/c23-15-7-8-18-20(10-15)30-22(27-18)28(13-14-4-3-9-24-11-14)21(29)19-12-25-16-5-1-2-6-17(16)26-19/h1-12H,13H2. The van der Waals surface area contributed by atoms with Crippen molar-refractivity contribution < 1.29 is 4.79 Å². The van der Waals surface area contributed by atoms with Crippen molar-refractivity contribution in [3.63, 3.8) is 0 Å². The highest BCUT2D eigenvalue weighted by Gasteiger charge is 2.23. The van der Waals surface area contributed by atoms with E-state index < -0.39 is 0 Å². The number of fused-ring (bicyclic) bond motifs is 2. The van der Waals surface area contributed by atoms with Crippen LogP contribution in [-0.4, -0.2) is 25.8 Å². The summed E-state index contributed by atoms with van der Waals surface area (Å²) in [7, 11) is 0. The van der Waals surface area contributed by atoms with Gasteiger partial charge in [0.15, 0.2) is 5.13 Å². The molecule has 0 aliphatic rings. The summed E-state index contributed by atoms with van der Waals surface area (Å²) in [5.41, 5.74) is 3.34. The molecule has 5 rings (SSSR count). The highest BCUT2D eigenvalue weighted by Crippen LogP contribution is 2.32. The van der Waals surface area contributed by atoms with E-state index in [0.717, 1.165) is 21.3 Å². The van der Waals surface area contributed by atoms with Crippen LogP contribution in [0.25, 0.3) is 21.3 Å². The first-order valence-electron chi connectivity index (χ1n) is 9.16. The summed E-state index contributed by atoms with van der Waals surface area (Å²) in [5.74, 6) is -0.276. The molecule has 0 N–H and O–H groups in total. The van der Waals surface area contributed by atoms with Crippen molar-refractivity contribution in [1.82, 2.24) is 19.9 Å². The van der Waals surface area contributed by atoms with E-state index in [2.05, 4.69) is 19.9 Å². The van der Waals surface area contributed by atoms with Crippen LogP contribution in [0.4, 0.5) is 5.13 Å². The number of hydrogen-bond donors (Lipinski definition) is 0. The largest absolute Gasteiger partial charge is 0.280 e. The van der Waals surface area contributed by atoms with Gasteiger partial charge in [0.05, 0.1) is 34.0 Å². The third-order valence-electron chi connectivity index (χ3n) is 4.55. The van der Waals surface area contributed by atoms with E-state index in [1.807, 2.05) is 48.5 Å². The van der Waals surface area contributed by atoms with Gasteiger partial charge in [0.25, 0.3) is 5.91 Å². The van der Waals surface area contributed by atoms with Crippen molar-refractivity contribution in [3.05, 3.63) is 89.5 Å². The zero-order valence-electron chi connectivity index (χ0n) is 15.6. The van der Waals surface area contributed by atoms with E-state index >= 15 is 0 Å². The number of hydrogen-bond acceptors (Lipinski definition) is 6. The lowest BCUT2D eigenvalue weighted by molar-refractivity contribution is 0.0980. The summed E-state index contributed by atoms with van der Waals surface area (Å²) in [5, 5.41) is 1.19. The summed E-state index contributed by atoms with van der Waals surface area (Å²) >= 11 is 7.53. The lowest BCUT2D eigenvalue weighted by Gasteiger charge is -2.19. The first-order valence-corrected chi connectivity index (χ1v) is 10.4. The van der Waals surface area contributed by atoms with E-state index in [4.69, 9.17) is 11.6 Å². The van der Waals surface area contributed by atoms with E-state index in [1.54, 1.807) is 23.4 Å². The van der Waals surface area contributed by atoms with Crippen molar-refractivity contribution in [2.24, 2.45) is 0 Å². The minimum absolute atomic E-state index is 0.259. The topological polar surface area (TPSA) is 71.9 Å². The smallest absolute Gasteiger partial charge is 0.278 e. The molecular weight excluding hydrogens is 418 g/mol. The van der Waals surface area contributed by atoms with Crippen LogP contribution in [0, 0.1) is 0 Å². The number of nitrogens with zero attached hydrogens (tertiary/aromatic N) is 5. The molecular formula is C22H14ClN5OS. The Morgan fingerprint density at radius 1 is 0.967 bits per heavy atom. The molecule has 0 radical (unpaired) electrons. The van der Waals surface area contributed by atoms with Gasteiger partial charge in [0, 0.05) is 17.4 Å². The van der Waals surface area contributed by atoms with Crippen LogP contribution in [0.15, 0.2) is 73.2 Å². The number of rotatable bonds is 4. The SMILES string of the molecule is O=C(c1cnc2ccccc2n1)N(Cc1cccnc1)c1nc2ccc(Cl)cc2s1. The fourth-order valence-electron chi connectivity index (χ4n) is 3.10. The van der Waals surface area contributed by atoms with Crippen molar-refractivity contribution in [2.75, 3.05) is 4.90 Å². The molecule has 0 aliphatic heterocycles. The van der Waals surface area contributed by atoms with Gasteiger partial charge in [-0.3, -0.25) is 19.7 Å². The molecule has 3 heterocycles. The van der Waals surface area contributed by atoms with E-state index in [-0.39, 0.29) is 11.6 Å². The molecule has 5 aromatic rings. The highest BCUT2D eigenvalue weighted by molar-refractivity contribution is 7.22. The third kappa shape index (κ3) is 3.60. The molecule has 8 heteroatoms. The summed E-state index contributed by atoms with van der Waals surface area (Å²) in [6, 6.07) is 16.7. The first kappa shape index (κ1) is 18.6. The zero-order chi connectivity index (χ0) is 20.5. The molecule has 1 amide bonds. The van der Waals surface area contributed by atoms with Crippen LogP contribution >= 0.6 is 22.9 Å². The monoisotopic (exact) mass is 431 g/mol. The van der Waals surface area contributed by atoms with Crippen LogP contribution in [0.1, 0.15) is 16.1 Å². The number of thiazole rings is 1. The van der Waals surface area contributed by atoms with Gasteiger partial charge in [-0.05, 0) is 42.0 Å². The Hall–Kier alpha value is -3.42. The second-order valence-corrected chi connectivity index (χ2v) is 8.05. The van der Waals surface area contributed by atoms with Gasteiger partial charge in [-0.2, -0.15) is 0 Å². The number of aromatic nitrogens is 4. The Morgan fingerprint density at radius 2 is 1.83 bits per heavy atom. The first-order chi connectivity index (χ1) is 14.7. The number of amides is 1. The Labute approximate surface area is 180 Å². The zero-order valence-corrected chi connectivity index (χ0v) is 17.1. The average Bonchev–Trinajstić information content (AvgIpc) is 3.20. The second kappa shape index (κ2) is 7.78. The van der Waals surface area contributed by atoms with Crippen LogP contribution in [0.2, 0.25) is 5.02 Å². The van der Waals surface area contributed by atoms with E-state index in [0.29, 0.717) is 22.2 Å². The summed E-state index contributed by atoms with van der Waals surface area (Å²) in [4.78, 5) is 32.8. The Kier molecular flexibility index (Phi) is 4.82. The Morgan fingerprint density at radius 3 is 2.67 bits per heavy atom. The molecule has 2 aromatic carbocycles. The molecule has 0 saturated carbocycles. The van der Waals surface area contributed by atoms with E-state index in [9.17, 15) is 4.79 Å².